The molecule has 92 valence electrons. The van der Waals surface area contributed by atoms with Gasteiger partial charge in [0.05, 0.1) is 16.7 Å². The van der Waals surface area contributed by atoms with Crippen LogP contribution in [0.1, 0.15) is 10.4 Å². The molecule has 1 unspecified atom stereocenters. The zero-order valence-corrected chi connectivity index (χ0v) is 10.1. The van der Waals surface area contributed by atoms with Crippen molar-refractivity contribution in [3.63, 3.8) is 0 Å². The van der Waals surface area contributed by atoms with Gasteiger partial charge in [0.1, 0.15) is 11.5 Å². The van der Waals surface area contributed by atoms with E-state index in [9.17, 15) is 9.35 Å². The van der Waals surface area contributed by atoms with Crippen LogP contribution >= 0.6 is 0 Å². The third-order valence-corrected chi connectivity index (χ3v) is 3.59. The second-order valence-corrected chi connectivity index (χ2v) is 4.98. The molecule has 0 fully saturated rings. The maximum atomic E-state index is 12.0. The molecule has 4 nitrogen and oxygen atoms in total. The highest BCUT2D eigenvalue weighted by molar-refractivity contribution is 8.06. The fraction of sp³-hybridized carbons (Fsp3) is 0. The van der Waals surface area contributed by atoms with Crippen molar-refractivity contribution in [1.29, 1.82) is 0 Å². The van der Waals surface area contributed by atoms with E-state index in [1.165, 1.54) is 48.5 Å². The van der Waals surface area contributed by atoms with Crippen LogP contribution in [0.2, 0.25) is 0 Å². The molecule has 0 spiro atoms. The number of aromatic hydroxyl groups is 2. The van der Waals surface area contributed by atoms with E-state index in [2.05, 4.69) is 0 Å². The van der Waals surface area contributed by atoms with E-state index >= 15 is 0 Å². The number of hydrogen-bond donors (Lipinski definition) is 2. The van der Waals surface area contributed by atoms with Crippen LogP contribution in [-0.2, 0) is 11.2 Å². The Morgan fingerprint density at radius 1 is 0.889 bits per heavy atom. The summed E-state index contributed by atoms with van der Waals surface area (Å²) in [5.41, 5.74) is 0.263. The van der Waals surface area contributed by atoms with E-state index in [0.29, 0.717) is 4.90 Å². The van der Waals surface area contributed by atoms with Gasteiger partial charge in [0.15, 0.2) is 4.90 Å². The number of carbonyl (C=O) groups is 1. The Hall–Kier alpha value is -1.98. The van der Waals surface area contributed by atoms with Crippen molar-refractivity contribution in [2.24, 2.45) is 0 Å². The summed E-state index contributed by atoms with van der Waals surface area (Å²) in [5.74, 6) is 0.0924. The van der Waals surface area contributed by atoms with Crippen LogP contribution in [-0.4, -0.2) is 19.9 Å². The lowest BCUT2D eigenvalue weighted by Crippen LogP contribution is -2.15. The smallest absolute Gasteiger partial charge is 0.365 e. The molecule has 2 N–H and O–H groups in total. The van der Waals surface area contributed by atoms with Gasteiger partial charge in [-0.3, -0.25) is 0 Å². The average molecular weight is 262 g/mol. The predicted octanol–water partition coefficient (Wildman–Crippen LogP) is 2.05. The number of hydrogen-bond acceptors (Lipinski definition) is 4. The van der Waals surface area contributed by atoms with Crippen molar-refractivity contribution in [3.8, 4) is 11.5 Å². The van der Waals surface area contributed by atoms with Crippen molar-refractivity contribution in [1.82, 2.24) is 0 Å². The van der Waals surface area contributed by atoms with Crippen LogP contribution in [0.3, 0.4) is 0 Å². The second kappa shape index (κ2) is 5.12. The van der Waals surface area contributed by atoms with Crippen molar-refractivity contribution >= 4 is 16.3 Å². The standard InChI is InChI=1S/C13H10O4S/c14-10-3-1-9(2-4-10)13(16)18(17)12-7-5-11(15)6-8-12/h1-8,14-15H. The van der Waals surface area contributed by atoms with Gasteiger partial charge >= 0.3 is 5.12 Å². The summed E-state index contributed by atoms with van der Waals surface area (Å²) >= 11 is -1.83. The molecule has 2 aromatic carbocycles. The molecule has 1 atom stereocenters. The predicted molar refractivity (Wildman–Crippen MR) is 67.0 cm³/mol. The number of benzene rings is 2. The van der Waals surface area contributed by atoms with Crippen molar-refractivity contribution < 1.29 is 19.6 Å². The molecule has 0 saturated carbocycles. The minimum Gasteiger partial charge on any atom is -0.604 e. The summed E-state index contributed by atoms with van der Waals surface area (Å²) in [6, 6.07) is 11.2. The van der Waals surface area contributed by atoms with Crippen molar-refractivity contribution in [3.05, 3.63) is 54.1 Å². The Morgan fingerprint density at radius 3 is 1.83 bits per heavy atom. The van der Waals surface area contributed by atoms with Crippen LogP contribution < -0.4 is 0 Å². The lowest BCUT2D eigenvalue weighted by atomic mass is 10.2. The fourth-order valence-corrected chi connectivity index (χ4v) is 2.33. The first-order valence-electron chi connectivity index (χ1n) is 5.12. The first-order valence-corrected chi connectivity index (χ1v) is 6.27. The van der Waals surface area contributed by atoms with Gasteiger partial charge in [-0.1, -0.05) is 0 Å². The van der Waals surface area contributed by atoms with Crippen LogP contribution in [0.4, 0.5) is 0 Å². The third-order valence-electron chi connectivity index (χ3n) is 2.32. The third kappa shape index (κ3) is 2.64. The van der Waals surface area contributed by atoms with E-state index < -0.39 is 16.3 Å². The van der Waals surface area contributed by atoms with Gasteiger partial charge in [-0.2, -0.15) is 0 Å². The van der Waals surface area contributed by atoms with Crippen LogP contribution in [0.5, 0.6) is 11.5 Å². The molecule has 0 aliphatic carbocycles. The monoisotopic (exact) mass is 262 g/mol. The molecule has 2 rings (SSSR count). The Kier molecular flexibility index (Phi) is 3.55. The molecule has 0 aliphatic rings. The summed E-state index contributed by atoms with van der Waals surface area (Å²) in [5, 5.41) is 17.7. The van der Waals surface area contributed by atoms with Gasteiger partial charge in [-0.25, -0.2) is 4.79 Å². The molecular weight excluding hydrogens is 252 g/mol. The Labute approximate surface area is 107 Å². The number of phenols is 2. The largest absolute Gasteiger partial charge is 0.604 e. The molecule has 2 aromatic rings. The number of carbonyl (C=O) groups excluding carboxylic acids is 1. The molecule has 18 heavy (non-hydrogen) atoms. The van der Waals surface area contributed by atoms with Gasteiger partial charge in [-0.05, 0) is 48.5 Å². The minimum absolute atomic E-state index is 0.0435. The highest BCUT2D eigenvalue weighted by Crippen LogP contribution is 2.20. The van der Waals surface area contributed by atoms with Crippen molar-refractivity contribution in [2.75, 3.05) is 0 Å². The number of phenolic OH excluding ortho intramolecular Hbond substituents is 2. The molecular formula is C13H10O4S. The molecule has 0 radical (unpaired) electrons. The lowest BCUT2D eigenvalue weighted by Gasteiger charge is -2.08. The second-order valence-electron chi connectivity index (χ2n) is 3.60. The van der Waals surface area contributed by atoms with Gasteiger partial charge in [-0.15, -0.1) is 0 Å². The zero-order chi connectivity index (χ0) is 13.1. The maximum Gasteiger partial charge on any atom is 0.365 e. The maximum absolute atomic E-state index is 12.0. The van der Waals surface area contributed by atoms with E-state index in [1.54, 1.807) is 0 Å². The van der Waals surface area contributed by atoms with Gasteiger partial charge in [0, 0.05) is 0 Å². The Bertz CT molecular complexity index is 548. The average Bonchev–Trinajstić information content (AvgIpc) is 2.39. The summed E-state index contributed by atoms with van der Waals surface area (Å²) in [6.07, 6.45) is 0. The summed E-state index contributed by atoms with van der Waals surface area (Å²) in [7, 11) is 0. The Morgan fingerprint density at radius 2 is 1.33 bits per heavy atom. The molecule has 5 heteroatoms. The molecule has 0 saturated heterocycles. The van der Waals surface area contributed by atoms with Crippen LogP contribution in [0.15, 0.2) is 53.4 Å². The van der Waals surface area contributed by atoms with E-state index in [0.717, 1.165) is 0 Å². The normalized spacial score (nSPS) is 12.1. The summed E-state index contributed by atoms with van der Waals surface area (Å²) < 4.78 is 12.0. The first-order chi connectivity index (χ1) is 8.58. The topological polar surface area (TPSA) is 80.6 Å². The summed E-state index contributed by atoms with van der Waals surface area (Å²) in [6.45, 7) is 0. The van der Waals surface area contributed by atoms with Gasteiger partial charge in [0.25, 0.3) is 0 Å². The number of rotatable bonds is 2. The minimum atomic E-state index is -1.83. The lowest BCUT2D eigenvalue weighted by molar-refractivity contribution is 0.107. The van der Waals surface area contributed by atoms with E-state index in [-0.39, 0.29) is 17.1 Å². The summed E-state index contributed by atoms with van der Waals surface area (Å²) in [4.78, 5) is 12.2. The first kappa shape index (κ1) is 12.5. The van der Waals surface area contributed by atoms with E-state index in [1.807, 2.05) is 0 Å². The van der Waals surface area contributed by atoms with Crippen molar-refractivity contribution in [2.45, 2.75) is 4.90 Å². The zero-order valence-electron chi connectivity index (χ0n) is 9.24. The SMILES string of the molecule is O=C(c1ccc(O)cc1)[S+]([O-])c1ccc(O)cc1. The van der Waals surface area contributed by atoms with Gasteiger partial charge in [0.2, 0.25) is 0 Å². The highest BCUT2D eigenvalue weighted by Gasteiger charge is 2.23. The molecule has 0 amide bonds. The molecule has 0 aromatic heterocycles. The van der Waals surface area contributed by atoms with Crippen LogP contribution in [0.25, 0.3) is 0 Å². The fourth-order valence-electron chi connectivity index (χ4n) is 1.38. The molecule has 0 bridgehead atoms. The molecule has 0 aliphatic heterocycles. The Balaban J connectivity index is 2.23. The quantitative estimate of drug-likeness (QED) is 0.812. The highest BCUT2D eigenvalue weighted by atomic mass is 32.2. The van der Waals surface area contributed by atoms with E-state index in [4.69, 9.17) is 10.2 Å². The van der Waals surface area contributed by atoms with Crippen LogP contribution in [0, 0.1) is 0 Å². The molecule has 0 heterocycles. The van der Waals surface area contributed by atoms with Gasteiger partial charge < -0.3 is 14.8 Å².